The highest BCUT2D eigenvalue weighted by molar-refractivity contribution is 6.36. The number of rotatable bonds is 3. The van der Waals surface area contributed by atoms with Crippen molar-refractivity contribution >= 4 is 34.1 Å². The van der Waals surface area contributed by atoms with Crippen molar-refractivity contribution in [3.8, 4) is 16.9 Å². The molecule has 2 aromatic carbocycles. The molecule has 0 radical (unpaired) electrons. The normalized spacial score (nSPS) is 14.6. The minimum absolute atomic E-state index is 0.116. The molecule has 0 bridgehead atoms. The van der Waals surface area contributed by atoms with Crippen LogP contribution in [-0.4, -0.2) is 23.0 Å². The number of methoxy groups -OCH3 is 1. The second-order valence-corrected chi connectivity index (χ2v) is 6.48. The summed E-state index contributed by atoms with van der Waals surface area (Å²) in [5.74, 6) is 0.587. The summed E-state index contributed by atoms with van der Waals surface area (Å²) in [5.41, 5.74) is 6.25. The molecule has 5 rings (SSSR count). The van der Waals surface area contributed by atoms with Gasteiger partial charge in [-0.05, 0) is 46.9 Å². The fourth-order valence-corrected chi connectivity index (χ4v) is 3.65. The van der Waals surface area contributed by atoms with Gasteiger partial charge in [0, 0.05) is 29.2 Å². The predicted octanol–water partition coefficient (Wildman–Crippen LogP) is 4.66. The van der Waals surface area contributed by atoms with Gasteiger partial charge in [-0.1, -0.05) is 24.3 Å². The van der Waals surface area contributed by atoms with Gasteiger partial charge in [0.25, 0.3) is 5.91 Å². The molecule has 0 saturated heterocycles. The summed E-state index contributed by atoms with van der Waals surface area (Å²) in [6.07, 6.45) is 5.57. The average molecular weight is 355 g/mol. The summed E-state index contributed by atoms with van der Waals surface area (Å²) >= 11 is 0. The van der Waals surface area contributed by atoms with Crippen molar-refractivity contribution < 1.29 is 9.53 Å². The van der Waals surface area contributed by atoms with Crippen molar-refractivity contribution in [2.75, 3.05) is 12.4 Å². The quantitative estimate of drug-likeness (QED) is 0.468. The van der Waals surface area contributed by atoms with E-state index < -0.39 is 0 Å². The molecule has 4 aromatic rings. The zero-order valence-corrected chi connectivity index (χ0v) is 14.7. The molecule has 0 atom stereocenters. The molecule has 0 fully saturated rings. The van der Waals surface area contributed by atoms with E-state index in [9.17, 15) is 4.79 Å². The summed E-state index contributed by atoms with van der Waals surface area (Å²) in [5, 5.41) is 4.13. The number of hydrogen-bond acceptors (Lipinski definition) is 2. The van der Waals surface area contributed by atoms with Crippen LogP contribution in [0, 0.1) is 0 Å². The van der Waals surface area contributed by atoms with Gasteiger partial charge in [-0.25, -0.2) is 0 Å². The predicted molar refractivity (Wildman–Crippen MR) is 108 cm³/mol. The third-order valence-electron chi connectivity index (χ3n) is 4.94. The number of benzene rings is 2. The van der Waals surface area contributed by atoms with Crippen molar-refractivity contribution in [1.29, 1.82) is 0 Å². The van der Waals surface area contributed by atoms with Crippen molar-refractivity contribution in [1.82, 2.24) is 9.97 Å². The lowest BCUT2D eigenvalue weighted by molar-refractivity contribution is -0.110. The van der Waals surface area contributed by atoms with E-state index in [2.05, 4.69) is 33.5 Å². The van der Waals surface area contributed by atoms with Crippen LogP contribution in [0.5, 0.6) is 5.75 Å². The average Bonchev–Trinajstić information content (AvgIpc) is 3.40. The van der Waals surface area contributed by atoms with Crippen molar-refractivity contribution in [3.63, 3.8) is 0 Å². The van der Waals surface area contributed by atoms with Crippen LogP contribution in [0.2, 0.25) is 0 Å². The first-order valence-corrected chi connectivity index (χ1v) is 8.70. The Balaban J connectivity index is 1.71. The van der Waals surface area contributed by atoms with Gasteiger partial charge in [-0.15, -0.1) is 0 Å². The van der Waals surface area contributed by atoms with E-state index in [0.717, 1.165) is 39.0 Å². The Morgan fingerprint density at radius 1 is 1.00 bits per heavy atom. The Hall–Kier alpha value is -3.73. The summed E-state index contributed by atoms with van der Waals surface area (Å²) in [4.78, 5) is 19.1. The fourth-order valence-electron chi connectivity index (χ4n) is 3.65. The first-order chi connectivity index (χ1) is 13.2. The number of fused-ring (bicyclic) bond motifs is 2. The number of carbonyl (C=O) groups is 1. The molecule has 5 heteroatoms. The molecular formula is C22H17N3O2. The standard InChI is InChI=1S/C22H17N3O2/c1-27-20-8-10-24-19(20)12-16-21-15(3-2-4-17(21)25-22(16)26)14-6-5-13-7-9-23-18(13)11-14/h2-12,23-24H,1H3,(H,25,26). The number of anilines is 1. The van der Waals surface area contributed by atoms with Crippen LogP contribution in [0.4, 0.5) is 5.69 Å². The van der Waals surface area contributed by atoms with Crippen LogP contribution in [0.1, 0.15) is 11.3 Å². The van der Waals surface area contributed by atoms with E-state index in [-0.39, 0.29) is 5.91 Å². The van der Waals surface area contributed by atoms with Gasteiger partial charge in [0.1, 0.15) is 5.75 Å². The van der Waals surface area contributed by atoms with Crippen LogP contribution in [0.15, 0.2) is 60.9 Å². The van der Waals surface area contributed by atoms with E-state index in [0.29, 0.717) is 11.3 Å². The molecule has 1 amide bonds. The number of aromatic amines is 2. The Labute approximate surface area is 155 Å². The number of hydrogen-bond donors (Lipinski definition) is 3. The fraction of sp³-hybridized carbons (Fsp3) is 0.0455. The van der Waals surface area contributed by atoms with Gasteiger partial charge >= 0.3 is 0 Å². The van der Waals surface area contributed by atoms with Gasteiger partial charge in [-0.3, -0.25) is 4.79 Å². The highest BCUT2D eigenvalue weighted by Gasteiger charge is 2.27. The van der Waals surface area contributed by atoms with Gasteiger partial charge in [0.15, 0.2) is 0 Å². The maximum atomic E-state index is 12.7. The summed E-state index contributed by atoms with van der Waals surface area (Å²) in [6, 6.07) is 16.1. The van der Waals surface area contributed by atoms with Crippen LogP contribution >= 0.6 is 0 Å². The van der Waals surface area contributed by atoms with E-state index in [1.165, 1.54) is 0 Å². The molecule has 0 aliphatic carbocycles. The molecule has 3 heterocycles. The molecule has 3 N–H and O–H groups in total. The highest BCUT2D eigenvalue weighted by atomic mass is 16.5. The van der Waals surface area contributed by atoms with Crippen LogP contribution in [0.25, 0.3) is 33.7 Å². The van der Waals surface area contributed by atoms with Gasteiger partial charge in [-0.2, -0.15) is 0 Å². The molecule has 132 valence electrons. The van der Waals surface area contributed by atoms with Crippen molar-refractivity contribution in [2.24, 2.45) is 0 Å². The molecule has 2 aromatic heterocycles. The van der Waals surface area contributed by atoms with E-state index in [1.54, 1.807) is 13.3 Å². The molecular weight excluding hydrogens is 338 g/mol. The Morgan fingerprint density at radius 3 is 2.78 bits per heavy atom. The number of carbonyl (C=O) groups excluding carboxylic acids is 1. The first-order valence-electron chi connectivity index (χ1n) is 8.70. The largest absolute Gasteiger partial charge is 0.495 e. The summed E-state index contributed by atoms with van der Waals surface area (Å²) in [6.45, 7) is 0. The second-order valence-electron chi connectivity index (χ2n) is 6.48. The first kappa shape index (κ1) is 15.5. The van der Waals surface area contributed by atoms with E-state index >= 15 is 0 Å². The SMILES string of the molecule is COc1cc[nH]c1C=C1C(=O)Nc2cccc(-c3ccc4cc[nH]c4c3)c21. The minimum Gasteiger partial charge on any atom is -0.495 e. The highest BCUT2D eigenvalue weighted by Crippen LogP contribution is 2.41. The molecule has 0 saturated carbocycles. The number of H-pyrrole nitrogens is 2. The maximum absolute atomic E-state index is 12.7. The van der Waals surface area contributed by atoms with Crippen molar-refractivity contribution in [3.05, 3.63) is 72.2 Å². The molecule has 27 heavy (non-hydrogen) atoms. The number of nitrogens with one attached hydrogen (secondary N) is 3. The molecule has 1 aliphatic rings. The monoisotopic (exact) mass is 355 g/mol. The van der Waals surface area contributed by atoms with Crippen LogP contribution < -0.4 is 10.1 Å². The van der Waals surface area contributed by atoms with E-state index in [1.807, 2.05) is 42.6 Å². The minimum atomic E-state index is -0.116. The number of ether oxygens (including phenoxy) is 1. The molecule has 0 unspecified atom stereocenters. The lowest BCUT2D eigenvalue weighted by Crippen LogP contribution is -2.03. The third kappa shape index (κ3) is 2.44. The summed E-state index contributed by atoms with van der Waals surface area (Å²) < 4.78 is 5.36. The van der Waals surface area contributed by atoms with Gasteiger partial charge in [0.05, 0.1) is 18.4 Å². The van der Waals surface area contributed by atoms with Crippen LogP contribution in [-0.2, 0) is 4.79 Å². The summed E-state index contributed by atoms with van der Waals surface area (Å²) in [7, 11) is 1.62. The second kappa shape index (κ2) is 5.92. The maximum Gasteiger partial charge on any atom is 0.256 e. The van der Waals surface area contributed by atoms with Gasteiger partial charge in [0.2, 0.25) is 0 Å². The zero-order valence-electron chi connectivity index (χ0n) is 14.7. The number of amides is 1. The van der Waals surface area contributed by atoms with Crippen LogP contribution in [0.3, 0.4) is 0 Å². The smallest absolute Gasteiger partial charge is 0.256 e. The Kier molecular flexibility index (Phi) is 3.40. The lowest BCUT2D eigenvalue weighted by atomic mass is 9.94. The molecule has 0 spiro atoms. The van der Waals surface area contributed by atoms with E-state index in [4.69, 9.17) is 4.74 Å². The van der Waals surface area contributed by atoms with Crippen molar-refractivity contribution in [2.45, 2.75) is 0 Å². The Morgan fingerprint density at radius 2 is 1.89 bits per heavy atom. The molecule has 5 nitrogen and oxygen atoms in total. The lowest BCUT2D eigenvalue weighted by Gasteiger charge is -2.09. The third-order valence-corrected chi connectivity index (χ3v) is 4.94. The van der Waals surface area contributed by atoms with Gasteiger partial charge < -0.3 is 20.0 Å². The molecule has 1 aliphatic heterocycles. The zero-order chi connectivity index (χ0) is 18.4. The topological polar surface area (TPSA) is 69.9 Å². The Bertz CT molecular complexity index is 1210. The number of aromatic nitrogens is 2.